The van der Waals surface area contributed by atoms with Crippen LogP contribution in [0.5, 0.6) is 0 Å². The van der Waals surface area contributed by atoms with E-state index < -0.39 is 18.1 Å². The second-order valence-electron chi connectivity index (χ2n) is 9.00. The normalized spacial score (nSPS) is 17.1. The number of hydrogen-bond acceptors (Lipinski definition) is 8. The average molecular weight is 530 g/mol. The molecule has 1 amide bonds. The van der Waals surface area contributed by atoms with Gasteiger partial charge in [0.15, 0.2) is 0 Å². The number of piperidine rings is 1. The summed E-state index contributed by atoms with van der Waals surface area (Å²) in [6, 6.07) is 22.8. The zero-order chi connectivity index (χ0) is 26.5. The van der Waals surface area contributed by atoms with Crippen molar-refractivity contribution in [2.24, 2.45) is 5.73 Å². The molecule has 3 heterocycles. The molecule has 4 aromatic rings. The van der Waals surface area contributed by atoms with Crippen LogP contribution in [0.1, 0.15) is 16.8 Å². The van der Waals surface area contributed by atoms with Crippen molar-refractivity contribution in [1.82, 2.24) is 9.97 Å². The van der Waals surface area contributed by atoms with E-state index in [2.05, 4.69) is 32.7 Å². The zero-order valence-electron chi connectivity index (χ0n) is 20.5. The molecule has 0 unspecified atom stereocenters. The van der Waals surface area contributed by atoms with Crippen LogP contribution in [0.3, 0.4) is 0 Å². The molecule has 38 heavy (non-hydrogen) atoms. The highest BCUT2D eigenvalue weighted by Gasteiger charge is 2.30. The summed E-state index contributed by atoms with van der Waals surface area (Å²) in [6.07, 6.45) is 2.29. The summed E-state index contributed by atoms with van der Waals surface area (Å²) in [7, 11) is 0. The molecule has 1 aliphatic heterocycles. The van der Waals surface area contributed by atoms with Crippen molar-refractivity contribution < 1.29 is 9.18 Å². The van der Waals surface area contributed by atoms with Crippen LogP contribution in [0, 0.1) is 0 Å². The fourth-order valence-corrected chi connectivity index (χ4v) is 5.12. The van der Waals surface area contributed by atoms with Crippen molar-refractivity contribution in [2.45, 2.75) is 28.4 Å². The van der Waals surface area contributed by atoms with Gasteiger partial charge in [0.25, 0.3) is 5.91 Å². The summed E-state index contributed by atoms with van der Waals surface area (Å²) in [6.45, 7) is 0.772. The second-order valence-corrected chi connectivity index (χ2v) is 10.1. The van der Waals surface area contributed by atoms with Crippen LogP contribution in [0.2, 0.25) is 0 Å². The van der Waals surface area contributed by atoms with Gasteiger partial charge in [-0.1, -0.05) is 30.0 Å². The first-order valence-electron chi connectivity index (χ1n) is 12.2. The maximum absolute atomic E-state index is 15.2. The summed E-state index contributed by atoms with van der Waals surface area (Å²) in [4.78, 5) is 24.9. The maximum atomic E-state index is 15.2. The number of anilines is 5. The number of nitrogens with zero attached hydrogens (tertiary/aromatic N) is 3. The number of carbonyl (C=O) groups excluding carboxylic acids is 1. The molecule has 10 heteroatoms. The fourth-order valence-electron chi connectivity index (χ4n) is 4.28. The SMILES string of the molecule is NC(=O)c1cnc(Nc2ccc(Sc3ccccc3)cc2)cc1N[C@@H]1CCN(c2ccc(N)cn2)C[C@@H]1F. The van der Waals surface area contributed by atoms with Crippen molar-refractivity contribution in [2.75, 3.05) is 34.4 Å². The first-order valence-corrected chi connectivity index (χ1v) is 13.0. The van der Waals surface area contributed by atoms with Crippen molar-refractivity contribution in [3.8, 4) is 0 Å². The lowest BCUT2D eigenvalue weighted by molar-refractivity contribution is 0.100. The number of rotatable bonds is 8. The number of nitrogens with two attached hydrogens (primary N) is 2. The minimum Gasteiger partial charge on any atom is -0.397 e. The summed E-state index contributed by atoms with van der Waals surface area (Å²) in [5.74, 6) is 0.564. The van der Waals surface area contributed by atoms with Gasteiger partial charge in [-0.05, 0) is 55.0 Å². The zero-order valence-corrected chi connectivity index (χ0v) is 21.4. The van der Waals surface area contributed by atoms with E-state index in [0.717, 1.165) is 15.5 Å². The fraction of sp³-hybridized carbons (Fsp3) is 0.179. The van der Waals surface area contributed by atoms with Gasteiger partial charge in [-0.15, -0.1) is 0 Å². The highest BCUT2D eigenvalue weighted by Crippen LogP contribution is 2.30. The number of hydrogen-bond donors (Lipinski definition) is 4. The van der Waals surface area contributed by atoms with Gasteiger partial charge in [0, 0.05) is 34.3 Å². The van der Waals surface area contributed by atoms with Crippen LogP contribution in [-0.2, 0) is 0 Å². The van der Waals surface area contributed by atoms with Crippen LogP contribution in [0.15, 0.2) is 95.0 Å². The van der Waals surface area contributed by atoms with Gasteiger partial charge >= 0.3 is 0 Å². The molecule has 6 N–H and O–H groups in total. The Morgan fingerprint density at radius 2 is 1.76 bits per heavy atom. The Morgan fingerprint density at radius 1 is 1.00 bits per heavy atom. The standard InChI is InChI=1S/C28H28FN7OS/c29-23-17-36(27-11-6-18(30)15-33-27)13-12-24(23)35-25-14-26(32-16-22(25)28(31)37)34-19-7-9-21(10-8-19)38-20-4-2-1-3-5-20/h1-11,14-16,23-24H,12-13,17,30H2,(H2,31,37)(H2,32,34,35)/t23-,24+/m0/s1. The molecule has 1 aliphatic rings. The van der Waals surface area contributed by atoms with E-state index in [1.165, 1.54) is 6.20 Å². The molecular weight excluding hydrogens is 501 g/mol. The quantitative estimate of drug-likeness (QED) is 0.249. The summed E-state index contributed by atoms with van der Waals surface area (Å²) < 4.78 is 15.2. The molecule has 2 aromatic carbocycles. The Labute approximate surface area is 224 Å². The molecule has 0 aliphatic carbocycles. The lowest BCUT2D eigenvalue weighted by Gasteiger charge is -2.36. The number of pyridine rings is 2. The highest BCUT2D eigenvalue weighted by atomic mass is 32.2. The van der Waals surface area contributed by atoms with Gasteiger partial charge in [-0.25, -0.2) is 14.4 Å². The number of alkyl halides is 1. The summed E-state index contributed by atoms with van der Waals surface area (Å²) >= 11 is 1.68. The van der Waals surface area contributed by atoms with Crippen LogP contribution >= 0.6 is 11.8 Å². The molecule has 0 radical (unpaired) electrons. The Balaban J connectivity index is 1.26. The summed E-state index contributed by atoms with van der Waals surface area (Å²) in [5.41, 5.74) is 13.3. The third-order valence-electron chi connectivity index (χ3n) is 6.25. The van der Waals surface area contributed by atoms with E-state index in [4.69, 9.17) is 11.5 Å². The number of primary amides is 1. The topological polar surface area (TPSA) is 122 Å². The van der Waals surface area contributed by atoms with E-state index in [9.17, 15) is 4.79 Å². The number of aromatic nitrogens is 2. The van der Waals surface area contributed by atoms with E-state index in [0.29, 0.717) is 36.0 Å². The predicted molar refractivity (Wildman–Crippen MR) is 151 cm³/mol. The third-order valence-corrected chi connectivity index (χ3v) is 7.27. The van der Waals surface area contributed by atoms with Crippen molar-refractivity contribution >= 4 is 46.4 Å². The monoisotopic (exact) mass is 529 g/mol. The van der Waals surface area contributed by atoms with E-state index in [-0.39, 0.29) is 12.1 Å². The first-order chi connectivity index (χ1) is 18.4. The van der Waals surface area contributed by atoms with Crippen LogP contribution in [0.25, 0.3) is 0 Å². The smallest absolute Gasteiger partial charge is 0.252 e. The lowest BCUT2D eigenvalue weighted by atomic mass is 10.0. The molecule has 0 bridgehead atoms. The first kappa shape index (κ1) is 25.3. The molecule has 1 fully saturated rings. The number of carbonyl (C=O) groups is 1. The van der Waals surface area contributed by atoms with Crippen LogP contribution in [-0.4, -0.2) is 41.2 Å². The van der Waals surface area contributed by atoms with Gasteiger partial charge in [0.1, 0.15) is 17.8 Å². The molecule has 0 saturated carbocycles. The molecule has 5 rings (SSSR count). The highest BCUT2D eigenvalue weighted by molar-refractivity contribution is 7.99. The van der Waals surface area contributed by atoms with E-state index in [1.54, 1.807) is 36.2 Å². The van der Waals surface area contributed by atoms with Crippen molar-refractivity contribution in [1.29, 1.82) is 0 Å². The van der Waals surface area contributed by atoms with Crippen molar-refractivity contribution in [3.05, 3.63) is 90.8 Å². The van der Waals surface area contributed by atoms with Gasteiger partial charge in [0.2, 0.25) is 0 Å². The average Bonchev–Trinajstić information content (AvgIpc) is 2.92. The van der Waals surface area contributed by atoms with Crippen LogP contribution < -0.4 is 27.0 Å². The number of nitrogens with one attached hydrogen (secondary N) is 2. The Bertz CT molecular complexity index is 1390. The second kappa shape index (κ2) is 11.4. The predicted octanol–water partition coefficient (Wildman–Crippen LogP) is 5.08. The Kier molecular flexibility index (Phi) is 7.60. The van der Waals surface area contributed by atoms with Gasteiger partial charge in [-0.2, -0.15) is 0 Å². The van der Waals surface area contributed by atoms with Gasteiger partial charge in [-0.3, -0.25) is 4.79 Å². The van der Waals surface area contributed by atoms with Crippen molar-refractivity contribution in [3.63, 3.8) is 0 Å². The van der Waals surface area contributed by atoms with Crippen LogP contribution in [0.4, 0.5) is 33.1 Å². The molecule has 1 saturated heterocycles. The molecular formula is C28H28FN7OS. The lowest BCUT2D eigenvalue weighted by Crippen LogP contribution is -2.48. The number of amides is 1. The molecule has 8 nitrogen and oxygen atoms in total. The molecule has 2 atom stereocenters. The Morgan fingerprint density at radius 3 is 2.45 bits per heavy atom. The molecule has 0 spiro atoms. The van der Waals surface area contributed by atoms with E-state index in [1.807, 2.05) is 47.4 Å². The van der Waals surface area contributed by atoms with Gasteiger partial charge < -0.3 is 27.0 Å². The number of halogens is 1. The Hall–Kier alpha value is -4.31. The minimum absolute atomic E-state index is 0.171. The maximum Gasteiger partial charge on any atom is 0.252 e. The molecule has 2 aromatic heterocycles. The minimum atomic E-state index is -1.19. The third kappa shape index (κ3) is 6.15. The van der Waals surface area contributed by atoms with Gasteiger partial charge in [0.05, 0.1) is 35.7 Å². The van der Waals surface area contributed by atoms with E-state index >= 15 is 4.39 Å². The number of nitrogen functional groups attached to an aromatic ring is 1. The molecule has 194 valence electrons. The summed E-state index contributed by atoms with van der Waals surface area (Å²) in [5, 5.41) is 6.45. The number of benzene rings is 2. The largest absolute Gasteiger partial charge is 0.397 e.